The van der Waals surface area contributed by atoms with Crippen LogP contribution in [0.15, 0.2) is 53.3 Å². The van der Waals surface area contributed by atoms with E-state index in [1.54, 1.807) is 23.9 Å². The first-order chi connectivity index (χ1) is 9.78. The van der Waals surface area contributed by atoms with Gasteiger partial charge in [0.25, 0.3) is 5.56 Å². The van der Waals surface area contributed by atoms with Crippen LogP contribution in [0.3, 0.4) is 0 Å². The molecule has 0 spiro atoms. The minimum atomic E-state index is -0.244. The number of aromatic amines is 1. The summed E-state index contributed by atoms with van der Waals surface area (Å²) in [6, 6.07) is 14.5. The minimum Gasteiger partial charge on any atom is -0.480 e. The second-order valence-corrected chi connectivity index (χ2v) is 4.13. The lowest BCUT2D eigenvalue weighted by Gasteiger charge is -2.05. The lowest BCUT2D eigenvalue weighted by atomic mass is 10.2. The van der Waals surface area contributed by atoms with Crippen LogP contribution in [-0.2, 0) is 0 Å². The highest BCUT2D eigenvalue weighted by Crippen LogP contribution is 2.24. The third-order valence-corrected chi connectivity index (χ3v) is 2.84. The molecule has 0 aliphatic heterocycles. The van der Waals surface area contributed by atoms with Crippen molar-refractivity contribution >= 4 is 0 Å². The summed E-state index contributed by atoms with van der Waals surface area (Å²) in [6.07, 6.45) is 0. The van der Waals surface area contributed by atoms with Gasteiger partial charge in [-0.25, -0.2) is 9.78 Å². The molecular formula is C14H12N4O2. The minimum absolute atomic E-state index is 0.244. The highest BCUT2D eigenvalue weighted by molar-refractivity contribution is 5.58. The zero-order chi connectivity index (χ0) is 13.9. The molecule has 0 aliphatic rings. The van der Waals surface area contributed by atoms with Gasteiger partial charge in [0.15, 0.2) is 0 Å². The second-order valence-electron chi connectivity index (χ2n) is 4.13. The summed E-state index contributed by atoms with van der Waals surface area (Å²) in [4.78, 5) is 11.1. The first kappa shape index (κ1) is 12.2. The van der Waals surface area contributed by atoms with E-state index in [9.17, 15) is 4.79 Å². The van der Waals surface area contributed by atoms with E-state index in [0.29, 0.717) is 11.6 Å². The molecule has 0 aliphatic carbocycles. The molecule has 100 valence electrons. The van der Waals surface area contributed by atoms with Crippen molar-refractivity contribution in [2.45, 2.75) is 0 Å². The summed E-state index contributed by atoms with van der Waals surface area (Å²) in [5.74, 6) is 0.483. The number of para-hydroxylation sites is 1. The van der Waals surface area contributed by atoms with E-state index in [1.165, 1.54) is 6.07 Å². The Bertz CT molecular complexity index is 757. The van der Waals surface area contributed by atoms with E-state index >= 15 is 0 Å². The highest BCUT2D eigenvalue weighted by atomic mass is 16.5. The van der Waals surface area contributed by atoms with Crippen LogP contribution in [0, 0.1) is 0 Å². The zero-order valence-corrected chi connectivity index (χ0v) is 10.8. The van der Waals surface area contributed by atoms with Gasteiger partial charge in [-0.05, 0) is 18.2 Å². The molecule has 0 unspecified atom stereocenters. The number of nitrogens with zero attached hydrogens (tertiary/aromatic N) is 3. The van der Waals surface area contributed by atoms with E-state index < -0.39 is 0 Å². The summed E-state index contributed by atoms with van der Waals surface area (Å²) in [5, 5.41) is 10.8. The van der Waals surface area contributed by atoms with E-state index in [2.05, 4.69) is 15.3 Å². The average molecular weight is 268 g/mol. The SMILES string of the molecule is COc1cc(-c2ccc(=O)[nH]n2)n(-c2ccccc2)n1. The van der Waals surface area contributed by atoms with Crippen molar-refractivity contribution in [3.63, 3.8) is 0 Å². The first-order valence-corrected chi connectivity index (χ1v) is 6.03. The fraction of sp³-hybridized carbons (Fsp3) is 0.0714. The lowest BCUT2D eigenvalue weighted by Crippen LogP contribution is -2.07. The Kier molecular flexibility index (Phi) is 3.04. The molecule has 0 amide bonds. The first-order valence-electron chi connectivity index (χ1n) is 6.03. The Hall–Kier alpha value is -2.89. The Balaban J connectivity index is 2.17. The molecule has 3 rings (SSSR count). The number of H-pyrrole nitrogens is 1. The van der Waals surface area contributed by atoms with E-state index in [0.717, 1.165) is 11.4 Å². The van der Waals surface area contributed by atoms with Crippen LogP contribution in [0.25, 0.3) is 17.1 Å². The molecule has 0 atom stereocenters. The van der Waals surface area contributed by atoms with Crippen LogP contribution < -0.4 is 10.3 Å². The lowest BCUT2D eigenvalue weighted by molar-refractivity contribution is 0.394. The van der Waals surface area contributed by atoms with Crippen LogP contribution >= 0.6 is 0 Å². The van der Waals surface area contributed by atoms with Crippen molar-refractivity contribution in [1.29, 1.82) is 0 Å². The Morgan fingerprint density at radius 2 is 1.95 bits per heavy atom. The second kappa shape index (κ2) is 5.00. The molecule has 6 heteroatoms. The number of hydrogen-bond acceptors (Lipinski definition) is 4. The molecule has 20 heavy (non-hydrogen) atoms. The van der Waals surface area contributed by atoms with Gasteiger partial charge < -0.3 is 4.74 Å². The largest absolute Gasteiger partial charge is 0.480 e. The molecule has 0 fully saturated rings. The van der Waals surface area contributed by atoms with Gasteiger partial charge in [-0.15, -0.1) is 5.10 Å². The Morgan fingerprint density at radius 1 is 1.15 bits per heavy atom. The summed E-state index contributed by atoms with van der Waals surface area (Å²) in [7, 11) is 1.56. The van der Waals surface area contributed by atoms with Gasteiger partial charge in [-0.3, -0.25) is 4.79 Å². The van der Waals surface area contributed by atoms with Crippen LogP contribution in [-0.4, -0.2) is 27.1 Å². The molecule has 0 saturated heterocycles. The molecule has 6 nitrogen and oxygen atoms in total. The van der Waals surface area contributed by atoms with Gasteiger partial charge in [-0.2, -0.15) is 5.10 Å². The fourth-order valence-electron chi connectivity index (χ4n) is 1.89. The van der Waals surface area contributed by atoms with Crippen LogP contribution in [0.2, 0.25) is 0 Å². The number of rotatable bonds is 3. The maximum absolute atomic E-state index is 11.1. The molecule has 0 saturated carbocycles. The quantitative estimate of drug-likeness (QED) is 0.783. The molecule has 2 aromatic heterocycles. The topological polar surface area (TPSA) is 72.8 Å². The molecule has 3 aromatic rings. The maximum atomic E-state index is 11.1. The third-order valence-electron chi connectivity index (χ3n) is 2.84. The van der Waals surface area contributed by atoms with Crippen LogP contribution in [0.5, 0.6) is 5.88 Å². The molecule has 1 N–H and O–H groups in total. The van der Waals surface area contributed by atoms with Crippen molar-refractivity contribution < 1.29 is 4.74 Å². The van der Waals surface area contributed by atoms with Crippen molar-refractivity contribution in [3.8, 4) is 23.0 Å². The predicted molar refractivity (Wildman–Crippen MR) is 74.0 cm³/mol. The molecule has 0 radical (unpaired) electrons. The van der Waals surface area contributed by atoms with Crippen molar-refractivity contribution in [3.05, 3.63) is 58.9 Å². The van der Waals surface area contributed by atoms with Crippen LogP contribution in [0.1, 0.15) is 0 Å². The monoisotopic (exact) mass is 268 g/mol. The predicted octanol–water partition coefficient (Wildman–Crippen LogP) is 1.63. The van der Waals surface area contributed by atoms with E-state index in [-0.39, 0.29) is 5.56 Å². The van der Waals surface area contributed by atoms with Gasteiger partial charge >= 0.3 is 0 Å². The average Bonchev–Trinajstić information content (AvgIpc) is 2.93. The van der Waals surface area contributed by atoms with Crippen molar-refractivity contribution in [2.75, 3.05) is 7.11 Å². The standard InChI is InChI=1S/C14H12N4O2/c1-20-14-9-12(11-7-8-13(19)16-15-11)18(17-14)10-5-3-2-4-6-10/h2-9H,1H3,(H,16,19). The molecule has 0 bridgehead atoms. The maximum Gasteiger partial charge on any atom is 0.264 e. The van der Waals surface area contributed by atoms with Crippen molar-refractivity contribution in [2.24, 2.45) is 0 Å². The van der Waals surface area contributed by atoms with Crippen LogP contribution in [0.4, 0.5) is 0 Å². The van der Waals surface area contributed by atoms with Gasteiger partial charge in [0, 0.05) is 12.1 Å². The summed E-state index contributed by atoms with van der Waals surface area (Å²) >= 11 is 0. The van der Waals surface area contributed by atoms with Gasteiger partial charge in [-0.1, -0.05) is 18.2 Å². The normalized spacial score (nSPS) is 10.4. The number of methoxy groups -OCH3 is 1. The number of aromatic nitrogens is 4. The van der Waals surface area contributed by atoms with Gasteiger partial charge in [0.1, 0.15) is 5.69 Å². The Labute approximate surface area is 114 Å². The fourth-order valence-corrected chi connectivity index (χ4v) is 1.89. The molecular weight excluding hydrogens is 256 g/mol. The highest BCUT2D eigenvalue weighted by Gasteiger charge is 2.13. The summed E-state index contributed by atoms with van der Waals surface area (Å²) in [6.45, 7) is 0. The van der Waals surface area contributed by atoms with E-state index in [4.69, 9.17) is 4.74 Å². The van der Waals surface area contributed by atoms with E-state index in [1.807, 2.05) is 30.3 Å². The number of nitrogens with one attached hydrogen (secondary N) is 1. The summed E-state index contributed by atoms with van der Waals surface area (Å²) in [5.41, 5.74) is 2.00. The molecule has 2 heterocycles. The summed E-state index contributed by atoms with van der Waals surface area (Å²) < 4.78 is 6.89. The number of hydrogen-bond donors (Lipinski definition) is 1. The smallest absolute Gasteiger partial charge is 0.264 e. The Morgan fingerprint density at radius 3 is 2.60 bits per heavy atom. The number of benzene rings is 1. The van der Waals surface area contributed by atoms with Crippen molar-refractivity contribution in [1.82, 2.24) is 20.0 Å². The number of ether oxygens (including phenoxy) is 1. The van der Waals surface area contributed by atoms with Gasteiger partial charge in [0.05, 0.1) is 18.5 Å². The molecule has 1 aromatic carbocycles. The zero-order valence-electron chi connectivity index (χ0n) is 10.8. The third kappa shape index (κ3) is 2.18. The van der Waals surface area contributed by atoms with Gasteiger partial charge in [0.2, 0.25) is 5.88 Å².